The SMILES string of the molecule is Cc1cccc(SC(C)(C)C(=O)O)c1. The minimum atomic E-state index is -0.788. The van der Waals surface area contributed by atoms with E-state index in [1.54, 1.807) is 13.8 Å². The van der Waals surface area contributed by atoms with E-state index in [1.165, 1.54) is 11.8 Å². The predicted molar refractivity (Wildman–Crippen MR) is 58.8 cm³/mol. The van der Waals surface area contributed by atoms with Gasteiger partial charge < -0.3 is 5.11 Å². The molecule has 0 aromatic heterocycles. The lowest BCUT2D eigenvalue weighted by atomic mass is 10.2. The number of benzene rings is 1. The highest BCUT2D eigenvalue weighted by molar-refractivity contribution is 8.01. The number of aryl methyl sites for hydroxylation is 1. The Morgan fingerprint density at radius 2 is 2.07 bits per heavy atom. The van der Waals surface area contributed by atoms with Crippen LogP contribution in [0.2, 0.25) is 0 Å². The second kappa shape index (κ2) is 4.05. The van der Waals surface area contributed by atoms with Gasteiger partial charge in [-0.2, -0.15) is 0 Å². The first-order chi connectivity index (χ1) is 6.42. The molecular formula is C11H14O2S. The fraction of sp³-hybridized carbons (Fsp3) is 0.364. The summed E-state index contributed by atoms with van der Waals surface area (Å²) in [5.41, 5.74) is 1.15. The average molecular weight is 210 g/mol. The quantitative estimate of drug-likeness (QED) is 0.779. The Kier molecular flexibility index (Phi) is 3.21. The van der Waals surface area contributed by atoms with E-state index in [0.717, 1.165) is 10.5 Å². The predicted octanol–water partition coefficient (Wildman–Crippen LogP) is 2.95. The first-order valence-electron chi connectivity index (χ1n) is 4.41. The molecule has 1 rings (SSSR count). The van der Waals surface area contributed by atoms with Crippen molar-refractivity contribution in [1.29, 1.82) is 0 Å². The molecule has 0 unspecified atom stereocenters. The van der Waals surface area contributed by atoms with Gasteiger partial charge in [0.25, 0.3) is 0 Å². The number of thioether (sulfide) groups is 1. The molecule has 14 heavy (non-hydrogen) atoms. The minimum absolute atomic E-state index is 0.770. The van der Waals surface area contributed by atoms with E-state index in [1.807, 2.05) is 31.2 Å². The van der Waals surface area contributed by atoms with Gasteiger partial charge >= 0.3 is 5.97 Å². The molecule has 0 aliphatic heterocycles. The maximum absolute atomic E-state index is 10.9. The number of rotatable bonds is 3. The zero-order valence-electron chi connectivity index (χ0n) is 8.57. The van der Waals surface area contributed by atoms with Crippen molar-refractivity contribution in [3.63, 3.8) is 0 Å². The number of hydrogen-bond acceptors (Lipinski definition) is 2. The lowest BCUT2D eigenvalue weighted by molar-refractivity contribution is -0.138. The second-order valence-electron chi connectivity index (χ2n) is 3.73. The van der Waals surface area contributed by atoms with Crippen molar-refractivity contribution < 1.29 is 9.90 Å². The highest BCUT2D eigenvalue weighted by atomic mass is 32.2. The van der Waals surface area contributed by atoms with Crippen molar-refractivity contribution in [3.8, 4) is 0 Å². The third-order valence-electron chi connectivity index (χ3n) is 1.88. The summed E-state index contributed by atoms with van der Waals surface area (Å²) in [6.07, 6.45) is 0. The van der Waals surface area contributed by atoms with Crippen LogP contribution in [-0.2, 0) is 4.79 Å². The summed E-state index contributed by atoms with van der Waals surface area (Å²) in [6, 6.07) is 7.87. The van der Waals surface area contributed by atoms with Gasteiger partial charge in [-0.15, -0.1) is 11.8 Å². The summed E-state index contributed by atoms with van der Waals surface area (Å²) in [5, 5.41) is 8.95. The smallest absolute Gasteiger partial charge is 0.319 e. The Balaban J connectivity index is 2.83. The maximum Gasteiger partial charge on any atom is 0.319 e. The molecule has 0 aliphatic carbocycles. The van der Waals surface area contributed by atoms with E-state index in [4.69, 9.17) is 5.11 Å². The lowest BCUT2D eigenvalue weighted by Gasteiger charge is -2.18. The van der Waals surface area contributed by atoms with Crippen LogP contribution in [0, 0.1) is 6.92 Å². The molecule has 0 heterocycles. The van der Waals surface area contributed by atoms with Gasteiger partial charge in [0.1, 0.15) is 4.75 Å². The number of carboxylic acid groups (broad SMARTS) is 1. The van der Waals surface area contributed by atoms with Gasteiger partial charge in [-0.05, 0) is 32.9 Å². The second-order valence-corrected chi connectivity index (χ2v) is 5.43. The van der Waals surface area contributed by atoms with Gasteiger partial charge in [0.2, 0.25) is 0 Å². The van der Waals surface area contributed by atoms with Crippen molar-refractivity contribution in [2.75, 3.05) is 0 Å². The standard InChI is InChI=1S/C11H14O2S/c1-8-5-4-6-9(7-8)14-11(2,3)10(12)13/h4-7H,1-3H3,(H,12,13). The van der Waals surface area contributed by atoms with Crippen LogP contribution in [0.25, 0.3) is 0 Å². The molecule has 3 heteroatoms. The number of carboxylic acids is 1. The van der Waals surface area contributed by atoms with Crippen LogP contribution in [0.3, 0.4) is 0 Å². The van der Waals surface area contributed by atoms with Crippen LogP contribution in [0.15, 0.2) is 29.2 Å². The number of aliphatic carboxylic acids is 1. The normalized spacial score (nSPS) is 11.4. The van der Waals surface area contributed by atoms with Crippen molar-refractivity contribution in [2.24, 2.45) is 0 Å². The van der Waals surface area contributed by atoms with E-state index in [9.17, 15) is 4.79 Å². The third kappa shape index (κ3) is 2.77. The van der Waals surface area contributed by atoms with Crippen molar-refractivity contribution in [2.45, 2.75) is 30.4 Å². The molecule has 1 aromatic carbocycles. The van der Waals surface area contributed by atoms with Crippen LogP contribution in [-0.4, -0.2) is 15.8 Å². The number of carbonyl (C=O) groups is 1. The molecule has 0 spiro atoms. The summed E-state index contributed by atoms with van der Waals surface area (Å²) >= 11 is 1.37. The van der Waals surface area contributed by atoms with Crippen LogP contribution in [0.1, 0.15) is 19.4 Å². The molecule has 0 amide bonds. The Hall–Kier alpha value is -0.960. The van der Waals surface area contributed by atoms with Crippen LogP contribution < -0.4 is 0 Å². The van der Waals surface area contributed by atoms with Gasteiger partial charge in [0, 0.05) is 4.90 Å². The zero-order chi connectivity index (χ0) is 10.8. The molecule has 0 saturated heterocycles. The van der Waals surface area contributed by atoms with Gasteiger partial charge in [-0.1, -0.05) is 17.7 Å². The van der Waals surface area contributed by atoms with Gasteiger partial charge in [0.05, 0.1) is 0 Å². The van der Waals surface area contributed by atoms with Crippen LogP contribution in [0.4, 0.5) is 0 Å². The molecule has 0 aliphatic rings. The molecule has 1 N–H and O–H groups in total. The summed E-state index contributed by atoms with van der Waals surface area (Å²) in [5.74, 6) is -0.788. The fourth-order valence-corrected chi connectivity index (χ4v) is 2.09. The molecule has 1 aromatic rings. The fourth-order valence-electron chi connectivity index (χ4n) is 1.02. The molecular weight excluding hydrogens is 196 g/mol. The first-order valence-corrected chi connectivity index (χ1v) is 5.22. The Labute approximate surface area is 88.3 Å². The van der Waals surface area contributed by atoms with Gasteiger partial charge in [0.15, 0.2) is 0 Å². The Morgan fingerprint density at radius 1 is 1.43 bits per heavy atom. The lowest BCUT2D eigenvalue weighted by Crippen LogP contribution is -2.26. The molecule has 0 fully saturated rings. The molecule has 0 bridgehead atoms. The van der Waals surface area contributed by atoms with Crippen molar-refractivity contribution in [3.05, 3.63) is 29.8 Å². The van der Waals surface area contributed by atoms with Crippen molar-refractivity contribution >= 4 is 17.7 Å². The summed E-state index contributed by atoms with van der Waals surface area (Å²) in [7, 11) is 0. The summed E-state index contributed by atoms with van der Waals surface area (Å²) in [4.78, 5) is 11.9. The van der Waals surface area contributed by atoms with Crippen molar-refractivity contribution in [1.82, 2.24) is 0 Å². The van der Waals surface area contributed by atoms with Crippen LogP contribution in [0.5, 0.6) is 0 Å². The van der Waals surface area contributed by atoms with Gasteiger partial charge in [-0.3, -0.25) is 4.79 Å². The van der Waals surface area contributed by atoms with Gasteiger partial charge in [-0.25, -0.2) is 0 Å². The minimum Gasteiger partial charge on any atom is -0.480 e. The highest BCUT2D eigenvalue weighted by Crippen LogP contribution is 2.32. The van der Waals surface area contributed by atoms with Crippen LogP contribution >= 0.6 is 11.8 Å². The maximum atomic E-state index is 10.9. The molecule has 0 saturated carbocycles. The first kappa shape index (κ1) is 11.1. The largest absolute Gasteiger partial charge is 0.480 e. The average Bonchev–Trinajstić information content (AvgIpc) is 2.02. The Morgan fingerprint density at radius 3 is 2.57 bits per heavy atom. The van der Waals surface area contributed by atoms with E-state index < -0.39 is 10.7 Å². The molecule has 0 radical (unpaired) electrons. The molecule has 2 nitrogen and oxygen atoms in total. The third-order valence-corrected chi connectivity index (χ3v) is 3.05. The van der Waals surface area contributed by atoms with E-state index in [-0.39, 0.29) is 0 Å². The zero-order valence-corrected chi connectivity index (χ0v) is 9.39. The van der Waals surface area contributed by atoms with E-state index in [2.05, 4.69) is 0 Å². The summed E-state index contributed by atoms with van der Waals surface area (Å²) < 4.78 is -0.770. The van der Waals surface area contributed by atoms with E-state index >= 15 is 0 Å². The monoisotopic (exact) mass is 210 g/mol. The molecule has 76 valence electrons. The Bertz CT molecular complexity index is 345. The highest BCUT2D eigenvalue weighted by Gasteiger charge is 2.28. The topological polar surface area (TPSA) is 37.3 Å². The molecule has 0 atom stereocenters. The van der Waals surface area contributed by atoms with E-state index in [0.29, 0.717) is 0 Å². The summed E-state index contributed by atoms with van der Waals surface area (Å²) in [6.45, 7) is 5.42. The number of hydrogen-bond donors (Lipinski definition) is 1.